The van der Waals surface area contributed by atoms with Gasteiger partial charge in [-0.25, -0.2) is 0 Å². The molecule has 0 aromatic heterocycles. The molecule has 1 fully saturated rings. The summed E-state index contributed by atoms with van der Waals surface area (Å²) in [6, 6.07) is 0.452. The number of hydrogen-bond acceptors (Lipinski definition) is 1. The van der Waals surface area contributed by atoms with Crippen molar-refractivity contribution in [3.63, 3.8) is 0 Å². The van der Waals surface area contributed by atoms with Gasteiger partial charge in [0.05, 0.1) is 0 Å². The molecule has 1 N–H and O–H groups in total. The molecule has 0 heterocycles. The van der Waals surface area contributed by atoms with Gasteiger partial charge in [-0.05, 0) is 31.1 Å². The summed E-state index contributed by atoms with van der Waals surface area (Å²) >= 11 is 0. The van der Waals surface area contributed by atoms with Crippen molar-refractivity contribution >= 4 is 5.91 Å². The molecule has 15 heavy (non-hydrogen) atoms. The van der Waals surface area contributed by atoms with Gasteiger partial charge in [0.2, 0.25) is 5.91 Å². The summed E-state index contributed by atoms with van der Waals surface area (Å²) < 4.78 is 0. The van der Waals surface area contributed by atoms with Gasteiger partial charge in [0, 0.05) is 12.5 Å². The fraction of sp³-hybridized carbons (Fsp3) is 0.923. The lowest BCUT2D eigenvalue weighted by Gasteiger charge is -2.27. The van der Waals surface area contributed by atoms with E-state index in [1.54, 1.807) is 0 Å². The highest BCUT2D eigenvalue weighted by Gasteiger charge is 2.20. The van der Waals surface area contributed by atoms with Crippen LogP contribution in [0.15, 0.2) is 0 Å². The third kappa shape index (κ3) is 5.19. The first-order valence-electron chi connectivity index (χ1n) is 6.37. The number of hydrogen-bond donors (Lipinski definition) is 1. The molecule has 2 unspecified atom stereocenters. The number of nitrogens with one attached hydrogen (secondary N) is 1. The zero-order chi connectivity index (χ0) is 11.3. The van der Waals surface area contributed by atoms with Crippen molar-refractivity contribution in [3.05, 3.63) is 0 Å². The van der Waals surface area contributed by atoms with E-state index in [2.05, 4.69) is 26.1 Å². The second-order valence-electron chi connectivity index (χ2n) is 5.47. The van der Waals surface area contributed by atoms with Crippen molar-refractivity contribution < 1.29 is 4.79 Å². The minimum absolute atomic E-state index is 0.253. The Morgan fingerprint density at radius 3 is 2.73 bits per heavy atom. The van der Waals surface area contributed by atoms with Crippen LogP contribution in [0.1, 0.15) is 59.3 Å². The number of amides is 1. The van der Waals surface area contributed by atoms with E-state index >= 15 is 0 Å². The molecule has 0 bridgehead atoms. The fourth-order valence-electron chi connectivity index (χ4n) is 2.28. The van der Waals surface area contributed by atoms with Crippen LogP contribution in [0, 0.1) is 11.8 Å². The summed E-state index contributed by atoms with van der Waals surface area (Å²) in [5.41, 5.74) is 0. The van der Waals surface area contributed by atoms with Crippen molar-refractivity contribution in [3.8, 4) is 0 Å². The summed E-state index contributed by atoms with van der Waals surface area (Å²) in [5.74, 6) is 1.66. The van der Waals surface area contributed by atoms with Gasteiger partial charge in [-0.15, -0.1) is 0 Å². The Kier molecular flexibility index (Phi) is 5.13. The van der Waals surface area contributed by atoms with E-state index in [4.69, 9.17) is 0 Å². The summed E-state index contributed by atoms with van der Waals surface area (Å²) in [6.07, 6.45) is 6.66. The molecule has 1 amide bonds. The van der Waals surface area contributed by atoms with Crippen molar-refractivity contribution in [2.24, 2.45) is 11.8 Å². The average molecular weight is 211 g/mol. The second kappa shape index (κ2) is 6.14. The van der Waals surface area contributed by atoms with Gasteiger partial charge in [0.15, 0.2) is 0 Å². The lowest BCUT2D eigenvalue weighted by atomic mass is 9.87. The van der Waals surface area contributed by atoms with Gasteiger partial charge >= 0.3 is 0 Å². The highest BCUT2D eigenvalue weighted by atomic mass is 16.1. The summed E-state index contributed by atoms with van der Waals surface area (Å²) in [5, 5.41) is 3.17. The largest absolute Gasteiger partial charge is 0.353 e. The van der Waals surface area contributed by atoms with Crippen LogP contribution < -0.4 is 5.32 Å². The molecule has 1 saturated carbocycles. The van der Waals surface area contributed by atoms with Gasteiger partial charge in [0.1, 0.15) is 0 Å². The van der Waals surface area contributed by atoms with Crippen molar-refractivity contribution in [2.75, 3.05) is 0 Å². The molecular formula is C13H25NO. The maximum Gasteiger partial charge on any atom is 0.220 e. The lowest BCUT2D eigenvalue weighted by Crippen LogP contribution is -2.37. The molecule has 0 aromatic carbocycles. The predicted molar refractivity (Wildman–Crippen MR) is 63.6 cm³/mol. The molecular weight excluding hydrogens is 186 g/mol. The topological polar surface area (TPSA) is 29.1 Å². The summed E-state index contributed by atoms with van der Waals surface area (Å²) in [4.78, 5) is 11.6. The van der Waals surface area contributed by atoms with E-state index in [1.807, 2.05) is 0 Å². The van der Waals surface area contributed by atoms with Gasteiger partial charge in [-0.1, -0.05) is 33.6 Å². The van der Waals surface area contributed by atoms with E-state index in [9.17, 15) is 4.79 Å². The number of carbonyl (C=O) groups is 1. The average Bonchev–Trinajstić information content (AvgIpc) is 2.15. The molecule has 2 nitrogen and oxygen atoms in total. The maximum atomic E-state index is 11.6. The second-order valence-corrected chi connectivity index (χ2v) is 5.47. The SMILES string of the molecule is CC(C)CCC(=O)NC1CCCC(C)C1. The fourth-order valence-corrected chi connectivity index (χ4v) is 2.28. The monoisotopic (exact) mass is 211 g/mol. The van der Waals surface area contributed by atoms with E-state index < -0.39 is 0 Å². The molecule has 0 aromatic rings. The summed E-state index contributed by atoms with van der Waals surface area (Å²) in [6.45, 7) is 6.61. The van der Waals surface area contributed by atoms with Crippen LogP contribution in [0.4, 0.5) is 0 Å². The molecule has 1 rings (SSSR count). The van der Waals surface area contributed by atoms with Crippen LogP contribution in [0.2, 0.25) is 0 Å². The normalized spacial score (nSPS) is 26.7. The zero-order valence-corrected chi connectivity index (χ0v) is 10.4. The first kappa shape index (κ1) is 12.5. The molecule has 1 aliphatic rings. The maximum absolute atomic E-state index is 11.6. The third-order valence-corrected chi connectivity index (χ3v) is 3.25. The van der Waals surface area contributed by atoms with E-state index in [0.717, 1.165) is 12.3 Å². The Morgan fingerprint density at radius 1 is 1.40 bits per heavy atom. The first-order valence-corrected chi connectivity index (χ1v) is 6.37. The van der Waals surface area contributed by atoms with E-state index in [-0.39, 0.29) is 5.91 Å². The molecule has 2 heteroatoms. The smallest absolute Gasteiger partial charge is 0.220 e. The standard InChI is InChI=1S/C13H25NO/c1-10(2)7-8-13(15)14-12-6-4-5-11(3)9-12/h10-12H,4-9H2,1-3H3,(H,14,15). The van der Waals surface area contributed by atoms with Gasteiger partial charge in [0.25, 0.3) is 0 Å². The highest BCUT2D eigenvalue weighted by molar-refractivity contribution is 5.76. The van der Waals surface area contributed by atoms with Gasteiger partial charge in [-0.2, -0.15) is 0 Å². The Bertz CT molecular complexity index is 201. The quantitative estimate of drug-likeness (QED) is 0.760. The Balaban J connectivity index is 2.19. The summed E-state index contributed by atoms with van der Waals surface area (Å²) in [7, 11) is 0. The van der Waals surface area contributed by atoms with E-state index in [1.165, 1.54) is 25.7 Å². The molecule has 0 aliphatic heterocycles. The Labute approximate surface area is 93.8 Å². The molecule has 0 saturated heterocycles. The van der Waals surface area contributed by atoms with Crippen LogP contribution in [-0.2, 0) is 4.79 Å². The van der Waals surface area contributed by atoms with Crippen LogP contribution in [0.5, 0.6) is 0 Å². The molecule has 88 valence electrons. The predicted octanol–water partition coefficient (Wildman–Crippen LogP) is 3.12. The Morgan fingerprint density at radius 2 is 2.13 bits per heavy atom. The minimum Gasteiger partial charge on any atom is -0.353 e. The van der Waals surface area contributed by atoms with Crippen LogP contribution in [-0.4, -0.2) is 11.9 Å². The zero-order valence-electron chi connectivity index (χ0n) is 10.4. The lowest BCUT2D eigenvalue weighted by molar-refractivity contribution is -0.122. The first-order chi connectivity index (χ1) is 7.08. The van der Waals surface area contributed by atoms with Crippen LogP contribution >= 0.6 is 0 Å². The van der Waals surface area contributed by atoms with Crippen molar-refractivity contribution in [1.82, 2.24) is 5.32 Å². The minimum atomic E-state index is 0.253. The molecule has 0 radical (unpaired) electrons. The van der Waals surface area contributed by atoms with Crippen molar-refractivity contribution in [1.29, 1.82) is 0 Å². The molecule has 1 aliphatic carbocycles. The van der Waals surface area contributed by atoms with Gasteiger partial charge < -0.3 is 5.32 Å². The van der Waals surface area contributed by atoms with E-state index in [0.29, 0.717) is 18.4 Å². The number of carbonyl (C=O) groups excluding carboxylic acids is 1. The van der Waals surface area contributed by atoms with Crippen LogP contribution in [0.25, 0.3) is 0 Å². The van der Waals surface area contributed by atoms with Crippen LogP contribution in [0.3, 0.4) is 0 Å². The molecule has 2 atom stereocenters. The molecule has 0 spiro atoms. The van der Waals surface area contributed by atoms with Gasteiger partial charge in [-0.3, -0.25) is 4.79 Å². The number of rotatable bonds is 4. The van der Waals surface area contributed by atoms with Crippen molar-refractivity contribution in [2.45, 2.75) is 65.3 Å². The third-order valence-electron chi connectivity index (χ3n) is 3.25. The highest BCUT2D eigenvalue weighted by Crippen LogP contribution is 2.23. The Hall–Kier alpha value is -0.530.